The van der Waals surface area contributed by atoms with Crippen LogP contribution in [0.3, 0.4) is 0 Å². The van der Waals surface area contributed by atoms with Crippen molar-refractivity contribution in [2.24, 2.45) is 5.92 Å². The molecule has 1 amide bonds. The van der Waals surface area contributed by atoms with Gasteiger partial charge in [0.15, 0.2) is 0 Å². The quantitative estimate of drug-likeness (QED) is 0.695. The molecule has 0 aromatic heterocycles. The first-order valence-corrected chi connectivity index (χ1v) is 6.75. The van der Waals surface area contributed by atoms with Gasteiger partial charge >= 0.3 is 0 Å². The number of rotatable bonds is 5. The Kier molecular flexibility index (Phi) is 6.36. The molecule has 4 heteroatoms. The van der Waals surface area contributed by atoms with Crippen molar-refractivity contribution in [3.8, 4) is 0 Å². The van der Waals surface area contributed by atoms with Crippen molar-refractivity contribution in [1.29, 1.82) is 0 Å². The van der Waals surface area contributed by atoms with E-state index in [9.17, 15) is 4.79 Å². The third-order valence-electron chi connectivity index (χ3n) is 3.11. The summed E-state index contributed by atoms with van der Waals surface area (Å²) in [5.74, 6) is 0.651. The molecule has 0 saturated carbocycles. The van der Waals surface area contributed by atoms with Crippen LogP contribution in [0.15, 0.2) is 11.6 Å². The maximum atomic E-state index is 12.3. The van der Waals surface area contributed by atoms with Gasteiger partial charge in [0, 0.05) is 38.8 Å². The summed E-state index contributed by atoms with van der Waals surface area (Å²) in [4.78, 5) is 16.4. The van der Waals surface area contributed by atoms with E-state index >= 15 is 0 Å². The van der Waals surface area contributed by atoms with Gasteiger partial charge in [-0.15, -0.1) is 0 Å². The van der Waals surface area contributed by atoms with Crippen LogP contribution >= 0.6 is 0 Å². The Morgan fingerprint density at radius 2 is 2.00 bits per heavy atom. The fourth-order valence-corrected chi connectivity index (χ4v) is 2.16. The van der Waals surface area contributed by atoms with Gasteiger partial charge in [0.1, 0.15) is 0 Å². The van der Waals surface area contributed by atoms with Crippen LogP contribution in [0.4, 0.5) is 0 Å². The van der Waals surface area contributed by atoms with E-state index < -0.39 is 0 Å². The lowest BCUT2D eigenvalue weighted by atomic mass is 10.1. The first-order chi connectivity index (χ1) is 8.54. The smallest absolute Gasteiger partial charge is 0.250 e. The van der Waals surface area contributed by atoms with Gasteiger partial charge < -0.3 is 9.64 Å². The highest BCUT2D eigenvalue weighted by molar-refractivity contribution is 5.93. The number of morpholine rings is 1. The number of nitrogens with zero attached hydrogens (tertiary/aromatic N) is 2. The van der Waals surface area contributed by atoms with Crippen LogP contribution in [0.1, 0.15) is 20.8 Å². The van der Waals surface area contributed by atoms with Crippen molar-refractivity contribution < 1.29 is 9.53 Å². The van der Waals surface area contributed by atoms with Gasteiger partial charge in [0.05, 0.1) is 13.2 Å². The summed E-state index contributed by atoms with van der Waals surface area (Å²) in [5.41, 5.74) is 0.889. The molecule has 1 fully saturated rings. The number of allylic oxidation sites excluding steroid dienone is 1. The summed E-state index contributed by atoms with van der Waals surface area (Å²) < 4.78 is 5.32. The third-order valence-corrected chi connectivity index (χ3v) is 3.11. The number of ether oxygens (including phenoxy) is 1. The first kappa shape index (κ1) is 15.2. The highest BCUT2D eigenvalue weighted by Gasteiger charge is 2.19. The van der Waals surface area contributed by atoms with Crippen LogP contribution in [0.25, 0.3) is 0 Å². The Morgan fingerprint density at radius 1 is 1.39 bits per heavy atom. The fraction of sp³-hybridized carbons (Fsp3) is 0.786. The number of hydrogen-bond acceptors (Lipinski definition) is 3. The van der Waals surface area contributed by atoms with Crippen molar-refractivity contribution in [3.63, 3.8) is 0 Å². The second-order valence-corrected chi connectivity index (χ2v) is 5.28. The van der Waals surface area contributed by atoms with E-state index in [0.29, 0.717) is 5.92 Å². The summed E-state index contributed by atoms with van der Waals surface area (Å²) in [5, 5.41) is 0. The molecule has 0 aromatic carbocycles. The molecule has 0 unspecified atom stereocenters. The number of carbonyl (C=O) groups is 1. The van der Waals surface area contributed by atoms with Crippen LogP contribution in [0.5, 0.6) is 0 Å². The number of hydrogen-bond donors (Lipinski definition) is 0. The second kappa shape index (κ2) is 7.54. The zero-order chi connectivity index (χ0) is 13.5. The van der Waals surface area contributed by atoms with Crippen LogP contribution in [-0.2, 0) is 9.53 Å². The molecule has 0 spiro atoms. The predicted octanol–water partition coefficient (Wildman–Crippen LogP) is 1.38. The Hall–Kier alpha value is -0.870. The van der Waals surface area contributed by atoms with Gasteiger partial charge in [0.25, 0.3) is 5.91 Å². The standard InChI is InChI=1S/C14H26N2O2/c1-5-13(11-16-6-8-18-9-7-16)14(17)15(4)10-12(2)3/h5,12H,6-11H2,1-4H3/b13-5+. The molecule has 104 valence electrons. The Balaban J connectivity index is 2.51. The maximum Gasteiger partial charge on any atom is 0.250 e. The van der Waals surface area contributed by atoms with E-state index in [1.54, 1.807) is 0 Å². The Labute approximate surface area is 111 Å². The average Bonchev–Trinajstić information content (AvgIpc) is 2.35. The predicted molar refractivity (Wildman–Crippen MR) is 73.5 cm³/mol. The molecule has 0 N–H and O–H groups in total. The zero-order valence-electron chi connectivity index (χ0n) is 12.1. The molecular weight excluding hydrogens is 228 g/mol. The summed E-state index contributed by atoms with van der Waals surface area (Å²) in [6.45, 7) is 11.1. The summed E-state index contributed by atoms with van der Waals surface area (Å²) in [6.07, 6.45) is 1.94. The molecule has 4 nitrogen and oxygen atoms in total. The lowest BCUT2D eigenvalue weighted by molar-refractivity contribution is -0.126. The highest BCUT2D eigenvalue weighted by atomic mass is 16.5. The highest BCUT2D eigenvalue weighted by Crippen LogP contribution is 2.08. The Morgan fingerprint density at radius 3 is 2.50 bits per heavy atom. The topological polar surface area (TPSA) is 32.8 Å². The molecule has 1 aliphatic rings. The molecule has 1 rings (SSSR count). The van der Waals surface area contributed by atoms with Crippen LogP contribution in [0, 0.1) is 5.92 Å². The minimum atomic E-state index is 0.151. The van der Waals surface area contributed by atoms with Crippen molar-refractivity contribution in [3.05, 3.63) is 11.6 Å². The average molecular weight is 254 g/mol. The molecule has 0 radical (unpaired) electrons. The van der Waals surface area contributed by atoms with Crippen molar-refractivity contribution in [2.75, 3.05) is 46.4 Å². The summed E-state index contributed by atoms with van der Waals surface area (Å²) >= 11 is 0. The van der Waals surface area contributed by atoms with E-state index in [2.05, 4.69) is 18.7 Å². The number of likely N-dealkylation sites (N-methyl/N-ethyl adjacent to an activating group) is 1. The normalized spacial score (nSPS) is 18.2. The summed E-state index contributed by atoms with van der Waals surface area (Å²) in [6, 6.07) is 0. The van der Waals surface area contributed by atoms with Crippen LogP contribution in [-0.4, -0.2) is 62.1 Å². The van der Waals surface area contributed by atoms with Crippen molar-refractivity contribution >= 4 is 5.91 Å². The molecule has 1 saturated heterocycles. The molecule has 1 aliphatic heterocycles. The molecule has 18 heavy (non-hydrogen) atoms. The van der Waals surface area contributed by atoms with E-state index in [1.807, 2.05) is 24.9 Å². The van der Waals surface area contributed by atoms with E-state index in [0.717, 1.165) is 45.0 Å². The largest absolute Gasteiger partial charge is 0.379 e. The molecule has 1 heterocycles. The SMILES string of the molecule is C/C=C(\CN1CCOCC1)C(=O)N(C)CC(C)C. The van der Waals surface area contributed by atoms with E-state index in [1.165, 1.54) is 0 Å². The van der Waals surface area contributed by atoms with Crippen molar-refractivity contribution in [1.82, 2.24) is 9.80 Å². The number of carbonyl (C=O) groups excluding carboxylic acids is 1. The maximum absolute atomic E-state index is 12.3. The summed E-state index contributed by atoms with van der Waals surface area (Å²) in [7, 11) is 1.88. The van der Waals surface area contributed by atoms with Crippen LogP contribution < -0.4 is 0 Å². The lowest BCUT2D eigenvalue weighted by Gasteiger charge is -2.28. The van der Waals surface area contributed by atoms with Gasteiger partial charge in [-0.25, -0.2) is 0 Å². The molecule has 0 atom stereocenters. The van der Waals surface area contributed by atoms with Gasteiger partial charge in [-0.1, -0.05) is 19.9 Å². The molecule has 0 aliphatic carbocycles. The molecule has 0 bridgehead atoms. The van der Waals surface area contributed by atoms with E-state index in [4.69, 9.17) is 4.74 Å². The van der Waals surface area contributed by atoms with Gasteiger partial charge in [-0.2, -0.15) is 0 Å². The van der Waals surface area contributed by atoms with Crippen LogP contribution in [0.2, 0.25) is 0 Å². The molecule has 0 aromatic rings. The van der Waals surface area contributed by atoms with E-state index in [-0.39, 0.29) is 5.91 Å². The van der Waals surface area contributed by atoms with Gasteiger partial charge in [-0.3, -0.25) is 9.69 Å². The van der Waals surface area contributed by atoms with Crippen molar-refractivity contribution in [2.45, 2.75) is 20.8 Å². The number of amides is 1. The second-order valence-electron chi connectivity index (χ2n) is 5.28. The monoisotopic (exact) mass is 254 g/mol. The minimum Gasteiger partial charge on any atom is -0.379 e. The third kappa shape index (κ3) is 4.78. The fourth-order valence-electron chi connectivity index (χ4n) is 2.16. The minimum absolute atomic E-state index is 0.151. The Bertz CT molecular complexity index is 294. The lowest BCUT2D eigenvalue weighted by Crippen LogP contribution is -2.41. The zero-order valence-corrected chi connectivity index (χ0v) is 12.1. The van der Waals surface area contributed by atoms with Gasteiger partial charge in [0.2, 0.25) is 0 Å². The molecular formula is C14H26N2O2. The van der Waals surface area contributed by atoms with Gasteiger partial charge in [-0.05, 0) is 12.8 Å². The first-order valence-electron chi connectivity index (χ1n) is 6.75.